The van der Waals surface area contributed by atoms with E-state index in [1.807, 2.05) is 25.1 Å². The lowest BCUT2D eigenvalue weighted by molar-refractivity contribution is -0.124. The Bertz CT molecular complexity index is 499. The highest BCUT2D eigenvalue weighted by Crippen LogP contribution is 2.35. The number of likely N-dealkylation sites (N-methyl/N-ethyl adjacent to an activating group) is 2. The largest absolute Gasteiger partial charge is 0.358 e. The molecule has 1 unspecified atom stereocenters. The Morgan fingerprint density at radius 3 is 2.72 bits per heavy atom. The zero-order valence-electron chi connectivity index (χ0n) is 10.8. The molecule has 0 fully saturated rings. The second-order valence-electron chi connectivity index (χ2n) is 4.38. The molecule has 1 aromatic carbocycles. The first-order chi connectivity index (χ1) is 8.58. The predicted octanol–water partition coefficient (Wildman–Crippen LogP) is 0.348. The fourth-order valence-corrected chi connectivity index (χ4v) is 2.22. The van der Waals surface area contributed by atoms with E-state index in [1.165, 1.54) is 4.90 Å². The van der Waals surface area contributed by atoms with Crippen LogP contribution >= 0.6 is 0 Å². The molecular formula is C13H17N3O2. The van der Waals surface area contributed by atoms with Gasteiger partial charge in [-0.3, -0.25) is 9.59 Å². The van der Waals surface area contributed by atoms with Gasteiger partial charge in [-0.15, -0.1) is 0 Å². The molecule has 1 heterocycles. The highest BCUT2D eigenvalue weighted by molar-refractivity contribution is 6.07. The quantitative estimate of drug-likeness (QED) is 0.810. The van der Waals surface area contributed by atoms with Crippen molar-refractivity contribution in [2.75, 3.05) is 25.5 Å². The molecule has 2 rings (SSSR count). The van der Waals surface area contributed by atoms with Crippen molar-refractivity contribution >= 4 is 17.5 Å². The highest BCUT2D eigenvalue weighted by atomic mass is 16.2. The van der Waals surface area contributed by atoms with Crippen molar-refractivity contribution in [2.24, 2.45) is 0 Å². The highest BCUT2D eigenvalue weighted by Gasteiger charge is 2.36. The zero-order chi connectivity index (χ0) is 13.3. The average molecular weight is 247 g/mol. The molecule has 1 atom stereocenters. The van der Waals surface area contributed by atoms with Crippen molar-refractivity contribution in [1.29, 1.82) is 0 Å². The summed E-state index contributed by atoms with van der Waals surface area (Å²) in [7, 11) is 3.31. The van der Waals surface area contributed by atoms with Gasteiger partial charge in [0.05, 0.1) is 0 Å². The normalized spacial score (nSPS) is 17.8. The summed E-state index contributed by atoms with van der Waals surface area (Å²) >= 11 is 0. The molecule has 0 aromatic heterocycles. The number of amides is 2. The second kappa shape index (κ2) is 4.78. The average Bonchev–Trinajstić information content (AvgIpc) is 2.61. The number of anilines is 1. The minimum atomic E-state index is -0.357. The van der Waals surface area contributed by atoms with Gasteiger partial charge in [0.15, 0.2) is 0 Å². The number of hydrogen-bond donors (Lipinski definition) is 2. The van der Waals surface area contributed by atoms with Crippen LogP contribution in [-0.2, 0) is 9.59 Å². The van der Waals surface area contributed by atoms with Crippen LogP contribution < -0.4 is 15.5 Å². The van der Waals surface area contributed by atoms with Crippen molar-refractivity contribution in [3.63, 3.8) is 0 Å². The lowest BCUT2D eigenvalue weighted by atomic mass is 10.1. The molecule has 18 heavy (non-hydrogen) atoms. The van der Waals surface area contributed by atoms with E-state index in [2.05, 4.69) is 10.6 Å². The molecule has 1 aromatic rings. The van der Waals surface area contributed by atoms with Crippen LogP contribution in [0, 0.1) is 6.92 Å². The number of carbonyl (C=O) groups excluding carboxylic acids is 2. The van der Waals surface area contributed by atoms with Gasteiger partial charge in [-0.2, -0.15) is 0 Å². The molecule has 1 aliphatic rings. The molecule has 0 saturated carbocycles. The van der Waals surface area contributed by atoms with Crippen molar-refractivity contribution in [3.05, 3.63) is 29.3 Å². The number of rotatable bonds is 3. The fourth-order valence-electron chi connectivity index (χ4n) is 2.22. The second-order valence-corrected chi connectivity index (χ2v) is 4.38. The number of benzene rings is 1. The van der Waals surface area contributed by atoms with E-state index in [4.69, 9.17) is 0 Å². The topological polar surface area (TPSA) is 61.4 Å². The van der Waals surface area contributed by atoms with Crippen LogP contribution in [0.4, 0.5) is 5.69 Å². The maximum atomic E-state index is 12.2. The molecule has 96 valence electrons. The number of hydrogen-bond acceptors (Lipinski definition) is 3. The molecule has 0 bridgehead atoms. The van der Waals surface area contributed by atoms with Crippen LogP contribution in [-0.4, -0.2) is 32.5 Å². The van der Waals surface area contributed by atoms with Crippen molar-refractivity contribution in [1.82, 2.24) is 10.6 Å². The van der Waals surface area contributed by atoms with E-state index >= 15 is 0 Å². The third kappa shape index (κ3) is 1.97. The molecule has 2 N–H and O–H groups in total. The summed E-state index contributed by atoms with van der Waals surface area (Å²) < 4.78 is 0. The summed E-state index contributed by atoms with van der Waals surface area (Å²) in [6.45, 7) is 2.04. The van der Waals surface area contributed by atoms with Crippen LogP contribution in [0.25, 0.3) is 0 Å². The lowest BCUT2D eigenvalue weighted by Gasteiger charge is -2.16. The van der Waals surface area contributed by atoms with Crippen LogP contribution in [0.2, 0.25) is 0 Å². The number of nitrogens with one attached hydrogen (secondary N) is 2. The van der Waals surface area contributed by atoms with E-state index in [9.17, 15) is 9.59 Å². The van der Waals surface area contributed by atoms with Crippen molar-refractivity contribution in [3.8, 4) is 0 Å². The molecule has 0 radical (unpaired) electrons. The summed E-state index contributed by atoms with van der Waals surface area (Å²) in [6.07, 6.45) is 0. The van der Waals surface area contributed by atoms with Gasteiger partial charge in [-0.05, 0) is 20.0 Å². The predicted molar refractivity (Wildman–Crippen MR) is 69.4 cm³/mol. The van der Waals surface area contributed by atoms with Gasteiger partial charge in [0.2, 0.25) is 11.8 Å². The van der Waals surface area contributed by atoms with Crippen LogP contribution in [0.3, 0.4) is 0 Å². The molecule has 0 spiro atoms. The molecule has 0 saturated heterocycles. The SMILES string of the molecule is CNC(=O)CN1C(=O)C(NC)c2cc(C)ccc21. The summed E-state index contributed by atoms with van der Waals surface area (Å²) in [5.74, 6) is -0.256. The van der Waals surface area contributed by atoms with Gasteiger partial charge < -0.3 is 15.5 Å². The van der Waals surface area contributed by atoms with Crippen LogP contribution in [0.5, 0.6) is 0 Å². The van der Waals surface area contributed by atoms with E-state index in [-0.39, 0.29) is 24.4 Å². The van der Waals surface area contributed by atoms with Gasteiger partial charge in [0, 0.05) is 18.3 Å². The van der Waals surface area contributed by atoms with Gasteiger partial charge in [-0.25, -0.2) is 0 Å². The molecule has 5 heteroatoms. The first-order valence-corrected chi connectivity index (χ1v) is 5.88. The van der Waals surface area contributed by atoms with E-state index in [1.54, 1.807) is 14.1 Å². The monoisotopic (exact) mass is 247 g/mol. The van der Waals surface area contributed by atoms with Crippen LogP contribution in [0.1, 0.15) is 17.2 Å². The van der Waals surface area contributed by atoms with E-state index < -0.39 is 0 Å². The smallest absolute Gasteiger partial charge is 0.249 e. The summed E-state index contributed by atoms with van der Waals surface area (Å²) in [6, 6.07) is 5.46. The Hall–Kier alpha value is -1.88. The Morgan fingerprint density at radius 1 is 1.39 bits per heavy atom. The summed E-state index contributed by atoms with van der Waals surface area (Å²) in [5.41, 5.74) is 2.85. The maximum absolute atomic E-state index is 12.2. The minimum Gasteiger partial charge on any atom is -0.358 e. The summed E-state index contributed by atoms with van der Waals surface area (Å²) in [5, 5.41) is 5.53. The zero-order valence-corrected chi connectivity index (χ0v) is 10.8. The molecule has 2 amide bonds. The first-order valence-electron chi connectivity index (χ1n) is 5.88. The van der Waals surface area contributed by atoms with Crippen molar-refractivity contribution < 1.29 is 9.59 Å². The van der Waals surface area contributed by atoms with E-state index in [0.29, 0.717) is 0 Å². The van der Waals surface area contributed by atoms with Crippen LogP contribution in [0.15, 0.2) is 18.2 Å². The van der Waals surface area contributed by atoms with E-state index in [0.717, 1.165) is 16.8 Å². The third-order valence-corrected chi connectivity index (χ3v) is 3.17. The Kier molecular flexibility index (Phi) is 3.34. The minimum absolute atomic E-state index is 0.0591. The van der Waals surface area contributed by atoms with Gasteiger partial charge >= 0.3 is 0 Å². The number of carbonyl (C=O) groups is 2. The number of fused-ring (bicyclic) bond motifs is 1. The fraction of sp³-hybridized carbons (Fsp3) is 0.385. The van der Waals surface area contributed by atoms with Crippen molar-refractivity contribution in [2.45, 2.75) is 13.0 Å². The molecular weight excluding hydrogens is 230 g/mol. The Balaban J connectivity index is 2.40. The molecule has 1 aliphatic heterocycles. The number of nitrogens with zero attached hydrogens (tertiary/aromatic N) is 1. The molecule has 0 aliphatic carbocycles. The standard InChI is InChI=1S/C13H17N3O2/c1-8-4-5-10-9(6-8)12(15-3)13(18)16(10)7-11(17)14-2/h4-6,12,15H,7H2,1-3H3,(H,14,17). The van der Waals surface area contributed by atoms with Gasteiger partial charge in [-0.1, -0.05) is 17.7 Å². The Morgan fingerprint density at radius 2 is 2.11 bits per heavy atom. The number of aryl methyl sites for hydroxylation is 1. The maximum Gasteiger partial charge on any atom is 0.249 e. The van der Waals surface area contributed by atoms with Gasteiger partial charge in [0.25, 0.3) is 0 Å². The first kappa shape index (κ1) is 12.6. The third-order valence-electron chi connectivity index (χ3n) is 3.17. The lowest BCUT2D eigenvalue weighted by Crippen LogP contribution is -2.40. The summed E-state index contributed by atoms with van der Waals surface area (Å²) in [4.78, 5) is 25.2. The Labute approximate surface area is 106 Å². The van der Waals surface area contributed by atoms with Gasteiger partial charge in [0.1, 0.15) is 12.6 Å². The molecule has 5 nitrogen and oxygen atoms in total.